The van der Waals surface area contributed by atoms with E-state index < -0.39 is 29.3 Å². The third-order valence-corrected chi connectivity index (χ3v) is 1.94. The Labute approximate surface area is 88.1 Å². The number of carbonyl (C=O) groups excluding carboxylic acids is 1. The highest BCUT2D eigenvalue weighted by atomic mass is 19.3. The number of methoxy groups -OCH3 is 1. The van der Waals surface area contributed by atoms with Crippen molar-refractivity contribution >= 4 is 5.97 Å². The Morgan fingerprint density at radius 3 is 2.75 bits per heavy atom. The molecule has 0 saturated heterocycles. The van der Waals surface area contributed by atoms with Gasteiger partial charge >= 0.3 is 12.3 Å². The molecular weight excluding hydrogens is 226 g/mol. The number of benzene rings is 1. The largest absolute Gasteiger partial charge is 0.586 e. The first kappa shape index (κ1) is 10.5. The van der Waals surface area contributed by atoms with Crippen LogP contribution in [-0.2, 0) is 4.74 Å². The number of carbonyl (C=O) groups is 1. The van der Waals surface area contributed by atoms with Crippen LogP contribution in [0.4, 0.5) is 8.78 Å². The van der Waals surface area contributed by atoms with Crippen LogP contribution in [-0.4, -0.2) is 24.5 Å². The number of fused-ring (bicyclic) bond motifs is 1. The summed E-state index contributed by atoms with van der Waals surface area (Å²) in [6, 6.07) is 2.11. The Balaban J connectivity index is 2.55. The lowest BCUT2D eigenvalue weighted by molar-refractivity contribution is -0.286. The van der Waals surface area contributed by atoms with Crippen molar-refractivity contribution in [3.63, 3.8) is 0 Å². The molecule has 1 aromatic rings. The second kappa shape index (κ2) is 3.22. The Morgan fingerprint density at radius 1 is 1.44 bits per heavy atom. The first-order chi connectivity index (χ1) is 7.44. The maximum Gasteiger partial charge on any atom is 0.586 e. The SMILES string of the molecule is COC(=O)c1c(O)ccc2c1OC(F)(F)O2. The van der Waals surface area contributed by atoms with Gasteiger partial charge in [0.2, 0.25) is 0 Å². The van der Waals surface area contributed by atoms with Gasteiger partial charge in [-0.05, 0) is 12.1 Å². The molecule has 0 fully saturated rings. The fraction of sp³-hybridized carbons (Fsp3) is 0.222. The minimum absolute atomic E-state index is 0.330. The molecule has 0 spiro atoms. The lowest BCUT2D eigenvalue weighted by Gasteiger charge is -2.06. The van der Waals surface area contributed by atoms with Crippen LogP contribution in [0.25, 0.3) is 0 Å². The van der Waals surface area contributed by atoms with Crippen molar-refractivity contribution in [1.82, 2.24) is 0 Å². The summed E-state index contributed by atoms with van der Waals surface area (Å²) in [6.07, 6.45) is -3.85. The van der Waals surface area contributed by atoms with Crippen LogP contribution in [0.1, 0.15) is 10.4 Å². The zero-order valence-electron chi connectivity index (χ0n) is 7.99. The number of rotatable bonds is 1. The Hall–Kier alpha value is -2.05. The minimum atomic E-state index is -3.85. The van der Waals surface area contributed by atoms with Crippen LogP contribution in [0.2, 0.25) is 0 Å². The molecular formula is C9H6F2O5. The highest BCUT2D eigenvalue weighted by Crippen LogP contribution is 2.46. The van der Waals surface area contributed by atoms with Gasteiger partial charge in [-0.3, -0.25) is 0 Å². The van der Waals surface area contributed by atoms with E-state index >= 15 is 0 Å². The van der Waals surface area contributed by atoms with E-state index in [1.54, 1.807) is 0 Å². The molecule has 1 aliphatic heterocycles. The zero-order valence-corrected chi connectivity index (χ0v) is 7.99. The average molecular weight is 232 g/mol. The molecule has 7 heteroatoms. The van der Waals surface area contributed by atoms with Gasteiger partial charge in [0, 0.05) is 0 Å². The van der Waals surface area contributed by atoms with E-state index in [1.165, 1.54) is 0 Å². The highest BCUT2D eigenvalue weighted by Gasteiger charge is 2.46. The summed E-state index contributed by atoms with van der Waals surface area (Å²) in [5, 5.41) is 9.37. The molecule has 0 aliphatic carbocycles. The average Bonchev–Trinajstić information content (AvgIpc) is 2.51. The van der Waals surface area contributed by atoms with E-state index in [2.05, 4.69) is 14.2 Å². The molecule has 1 N–H and O–H groups in total. The molecule has 2 rings (SSSR count). The Morgan fingerprint density at radius 2 is 2.12 bits per heavy atom. The molecule has 1 heterocycles. The molecule has 5 nitrogen and oxygen atoms in total. The summed E-state index contributed by atoms with van der Waals surface area (Å²) in [7, 11) is 1.05. The summed E-state index contributed by atoms with van der Waals surface area (Å²) < 4.78 is 38.0. The molecule has 0 atom stereocenters. The summed E-state index contributed by atoms with van der Waals surface area (Å²) in [4.78, 5) is 11.2. The van der Waals surface area contributed by atoms with Crippen LogP contribution >= 0.6 is 0 Å². The number of esters is 1. The summed E-state index contributed by atoms with van der Waals surface area (Å²) in [6.45, 7) is 0. The molecule has 0 amide bonds. The van der Waals surface area contributed by atoms with Crippen molar-refractivity contribution in [1.29, 1.82) is 0 Å². The zero-order chi connectivity index (χ0) is 11.9. The fourth-order valence-corrected chi connectivity index (χ4v) is 1.30. The summed E-state index contributed by atoms with van der Waals surface area (Å²) in [5.41, 5.74) is -0.489. The molecule has 0 aromatic heterocycles. The van der Waals surface area contributed by atoms with Crippen molar-refractivity contribution in [2.75, 3.05) is 7.11 Å². The number of halogens is 2. The number of hydrogen-bond acceptors (Lipinski definition) is 5. The maximum absolute atomic E-state index is 12.7. The topological polar surface area (TPSA) is 65.0 Å². The van der Waals surface area contributed by atoms with E-state index in [0.717, 1.165) is 19.2 Å². The maximum atomic E-state index is 12.7. The molecule has 1 aliphatic rings. The highest BCUT2D eigenvalue weighted by molar-refractivity contribution is 5.96. The van der Waals surface area contributed by atoms with Gasteiger partial charge in [-0.1, -0.05) is 0 Å². The van der Waals surface area contributed by atoms with Crippen molar-refractivity contribution in [2.24, 2.45) is 0 Å². The predicted octanol–water partition coefficient (Wildman–Crippen LogP) is 1.50. The smallest absolute Gasteiger partial charge is 0.507 e. The number of hydrogen-bond donors (Lipinski definition) is 1. The van der Waals surface area contributed by atoms with Crippen molar-refractivity contribution in [2.45, 2.75) is 6.29 Å². The van der Waals surface area contributed by atoms with Gasteiger partial charge in [-0.15, -0.1) is 8.78 Å². The van der Waals surface area contributed by atoms with Crippen LogP contribution in [0.15, 0.2) is 12.1 Å². The van der Waals surface area contributed by atoms with Crippen LogP contribution in [0, 0.1) is 0 Å². The number of aromatic hydroxyl groups is 1. The summed E-state index contributed by atoms with van der Waals surface area (Å²) >= 11 is 0. The second-order valence-electron chi connectivity index (χ2n) is 2.95. The molecule has 16 heavy (non-hydrogen) atoms. The second-order valence-corrected chi connectivity index (χ2v) is 2.95. The van der Waals surface area contributed by atoms with Gasteiger partial charge in [0.05, 0.1) is 7.11 Å². The normalized spacial score (nSPS) is 15.9. The quantitative estimate of drug-likeness (QED) is 0.743. The van der Waals surface area contributed by atoms with Gasteiger partial charge in [-0.2, -0.15) is 0 Å². The van der Waals surface area contributed by atoms with Crippen LogP contribution in [0.5, 0.6) is 17.2 Å². The summed E-state index contributed by atoms with van der Waals surface area (Å²) in [5.74, 6) is -2.37. The Kier molecular flexibility index (Phi) is 2.11. The van der Waals surface area contributed by atoms with Crippen LogP contribution < -0.4 is 9.47 Å². The first-order valence-corrected chi connectivity index (χ1v) is 4.15. The van der Waals surface area contributed by atoms with Crippen molar-refractivity contribution in [3.8, 4) is 17.2 Å². The van der Waals surface area contributed by atoms with E-state index in [-0.39, 0.29) is 5.75 Å². The monoisotopic (exact) mass is 232 g/mol. The minimum Gasteiger partial charge on any atom is -0.507 e. The van der Waals surface area contributed by atoms with Crippen molar-refractivity contribution in [3.05, 3.63) is 17.7 Å². The predicted molar refractivity (Wildman–Crippen MR) is 45.6 cm³/mol. The van der Waals surface area contributed by atoms with E-state index in [0.29, 0.717) is 0 Å². The third kappa shape index (κ3) is 1.50. The van der Waals surface area contributed by atoms with Gasteiger partial charge in [-0.25, -0.2) is 4.79 Å². The van der Waals surface area contributed by atoms with E-state index in [1.807, 2.05) is 0 Å². The van der Waals surface area contributed by atoms with E-state index in [4.69, 9.17) is 0 Å². The fourth-order valence-electron chi connectivity index (χ4n) is 1.30. The molecule has 1 aromatic carbocycles. The molecule has 0 radical (unpaired) electrons. The number of ether oxygens (including phenoxy) is 3. The number of phenolic OH excluding ortho intramolecular Hbond substituents is 1. The lowest BCUT2D eigenvalue weighted by Crippen LogP contribution is -2.26. The Bertz CT molecular complexity index is 457. The van der Waals surface area contributed by atoms with Gasteiger partial charge in [0.1, 0.15) is 11.3 Å². The standard InChI is InChI=1S/C9H6F2O5/c1-14-8(13)6-4(12)2-3-5-7(6)16-9(10,11)15-5/h2-3,12H,1H3. The lowest BCUT2D eigenvalue weighted by atomic mass is 10.1. The van der Waals surface area contributed by atoms with Crippen molar-refractivity contribution < 1.29 is 32.9 Å². The first-order valence-electron chi connectivity index (χ1n) is 4.15. The van der Waals surface area contributed by atoms with Crippen LogP contribution in [0.3, 0.4) is 0 Å². The van der Waals surface area contributed by atoms with Gasteiger partial charge in [0.15, 0.2) is 11.5 Å². The molecule has 86 valence electrons. The molecule has 0 unspecified atom stereocenters. The molecule has 0 bridgehead atoms. The van der Waals surface area contributed by atoms with E-state index in [9.17, 15) is 18.7 Å². The number of phenols is 1. The van der Waals surface area contributed by atoms with Gasteiger partial charge in [0.25, 0.3) is 0 Å². The third-order valence-electron chi connectivity index (χ3n) is 1.94. The number of alkyl halides is 2. The molecule has 0 saturated carbocycles. The van der Waals surface area contributed by atoms with Gasteiger partial charge < -0.3 is 19.3 Å².